The summed E-state index contributed by atoms with van der Waals surface area (Å²) in [6.07, 6.45) is 4.66. The molecule has 3 nitrogen and oxygen atoms in total. The van der Waals surface area contributed by atoms with Gasteiger partial charge in [-0.1, -0.05) is 56.5 Å². The molecule has 0 bridgehead atoms. The standard InChI is InChI=1S/C17H25NO2/c1-4-15(5-2)16(19)12-18-17(20)11-10-14-8-6-13(3)7-9-14/h6-11,15-16,19H,4-5,12H2,1-3H3,(H,18,20)/b11-10+. The normalized spacial score (nSPS) is 12.8. The fourth-order valence-electron chi connectivity index (χ4n) is 2.11. The number of rotatable bonds is 7. The van der Waals surface area contributed by atoms with Gasteiger partial charge < -0.3 is 10.4 Å². The number of nitrogens with one attached hydrogen (secondary N) is 1. The molecule has 2 N–H and O–H groups in total. The summed E-state index contributed by atoms with van der Waals surface area (Å²) in [6.45, 7) is 6.44. The third-order valence-electron chi connectivity index (χ3n) is 3.58. The molecule has 0 heterocycles. The summed E-state index contributed by atoms with van der Waals surface area (Å²) in [4.78, 5) is 11.7. The highest BCUT2D eigenvalue weighted by molar-refractivity contribution is 5.91. The Morgan fingerprint density at radius 1 is 1.25 bits per heavy atom. The van der Waals surface area contributed by atoms with Gasteiger partial charge in [0.1, 0.15) is 0 Å². The minimum absolute atomic E-state index is 0.171. The maximum atomic E-state index is 11.7. The number of carbonyl (C=O) groups is 1. The van der Waals surface area contributed by atoms with Gasteiger partial charge in [0.2, 0.25) is 5.91 Å². The molecular formula is C17H25NO2. The van der Waals surface area contributed by atoms with Crippen LogP contribution in [-0.4, -0.2) is 23.7 Å². The van der Waals surface area contributed by atoms with Crippen molar-refractivity contribution in [1.82, 2.24) is 5.32 Å². The lowest BCUT2D eigenvalue weighted by molar-refractivity contribution is -0.117. The molecular weight excluding hydrogens is 250 g/mol. The van der Waals surface area contributed by atoms with Crippen LogP contribution in [0.25, 0.3) is 6.08 Å². The molecule has 0 saturated carbocycles. The van der Waals surface area contributed by atoms with Gasteiger partial charge in [-0.05, 0) is 24.5 Å². The van der Waals surface area contributed by atoms with Gasteiger partial charge in [0, 0.05) is 12.6 Å². The highest BCUT2D eigenvalue weighted by atomic mass is 16.3. The Morgan fingerprint density at radius 2 is 1.85 bits per heavy atom. The van der Waals surface area contributed by atoms with Crippen LogP contribution in [0.3, 0.4) is 0 Å². The summed E-state index contributed by atoms with van der Waals surface area (Å²) in [5.41, 5.74) is 2.19. The summed E-state index contributed by atoms with van der Waals surface area (Å²) in [7, 11) is 0. The van der Waals surface area contributed by atoms with Crippen molar-refractivity contribution in [3.8, 4) is 0 Å². The van der Waals surface area contributed by atoms with Crippen LogP contribution < -0.4 is 5.32 Å². The number of amides is 1. The second-order valence-corrected chi connectivity index (χ2v) is 5.13. The SMILES string of the molecule is CCC(CC)C(O)CNC(=O)/C=C/c1ccc(C)cc1. The summed E-state index contributed by atoms with van der Waals surface area (Å²) >= 11 is 0. The molecule has 1 amide bonds. The van der Waals surface area contributed by atoms with Crippen LogP contribution in [-0.2, 0) is 4.79 Å². The van der Waals surface area contributed by atoms with E-state index in [1.54, 1.807) is 6.08 Å². The number of aliphatic hydroxyl groups excluding tert-OH is 1. The summed E-state index contributed by atoms with van der Waals surface area (Å²) < 4.78 is 0. The number of aliphatic hydroxyl groups is 1. The molecule has 0 aromatic heterocycles. The lowest BCUT2D eigenvalue weighted by atomic mass is 9.96. The highest BCUT2D eigenvalue weighted by Gasteiger charge is 2.15. The second kappa shape index (κ2) is 8.54. The Kier molecular flexibility index (Phi) is 7.02. The van der Waals surface area contributed by atoms with Crippen LogP contribution in [0.1, 0.15) is 37.8 Å². The molecule has 110 valence electrons. The molecule has 0 radical (unpaired) electrons. The molecule has 0 spiro atoms. The molecule has 1 aromatic carbocycles. The van der Waals surface area contributed by atoms with Crippen molar-refractivity contribution < 1.29 is 9.90 Å². The maximum Gasteiger partial charge on any atom is 0.244 e. The third kappa shape index (κ3) is 5.57. The van der Waals surface area contributed by atoms with E-state index in [4.69, 9.17) is 0 Å². The first-order valence-corrected chi connectivity index (χ1v) is 7.27. The van der Waals surface area contributed by atoms with Gasteiger partial charge in [0.15, 0.2) is 0 Å². The topological polar surface area (TPSA) is 49.3 Å². The maximum absolute atomic E-state index is 11.7. The Labute approximate surface area is 121 Å². The van der Waals surface area contributed by atoms with E-state index in [-0.39, 0.29) is 11.8 Å². The Balaban J connectivity index is 2.42. The lowest BCUT2D eigenvalue weighted by Crippen LogP contribution is -2.35. The van der Waals surface area contributed by atoms with Crippen molar-refractivity contribution >= 4 is 12.0 Å². The van der Waals surface area contributed by atoms with Gasteiger partial charge in [-0.2, -0.15) is 0 Å². The van der Waals surface area contributed by atoms with Gasteiger partial charge in [0.05, 0.1) is 6.10 Å². The van der Waals surface area contributed by atoms with E-state index in [9.17, 15) is 9.90 Å². The van der Waals surface area contributed by atoms with Crippen molar-refractivity contribution in [3.05, 3.63) is 41.5 Å². The zero-order valence-electron chi connectivity index (χ0n) is 12.6. The van der Waals surface area contributed by atoms with Crippen molar-refractivity contribution in [2.24, 2.45) is 5.92 Å². The predicted molar refractivity (Wildman–Crippen MR) is 83.3 cm³/mol. The average molecular weight is 275 g/mol. The van der Waals surface area contributed by atoms with E-state index < -0.39 is 6.10 Å². The van der Waals surface area contributed by atoms with Gasteiger partial charge in [-0.25, -0.2) is 0 Å². The quantitative estimate of drug-likeness (QED) is 0.752. The summed E-state index contributed by atoms with van der Waals surface area (Å²) in [5.74, 6) is 0.0759. The van der Waals surface area contributed by atoms with E-state index in [2.05, 4.69) is 19.2 Å². The Morgan fingerprint density at radius 3 is 2.40 bits per heavy atom. The van der Waals surface area contributed by atoms with Crippen molar-refractivity contribution in [3.63, 3.8) is 0 Å². The molecule has 0 fully saturated rings. The predicted octanol–water partition coefficient (Wildman–Crippen LogP) is 2.92. The molecule has 0 aliphatic heterocycles. The van der Waals surface area contributed by atoms with Gasteiger partial charge in [-0.3, -0.25) is 4.79 Å². The van der Waals surface area contributed by atoms with Crippen molar-refractivity contribution in [2.45, 2.75) is 39.7 Å². The van der Waals surface area contributed by atoms with Crippen LogP contribution in [0, 0.1) is 12.8 Å². The fraction of sp³-hybridized carbons (Fsp3) is 0.471. The molecule has 0 aliphatic carbocycles. The van der Waals surface area contributed by atoms with Crippen molar-refractivity contribution in [1.29, 1.82) is 0 Å². The molecule has 1 unspecified atom stereocenters. The van der Waals surface area contributed by atoms with Gasteiger partial charge in [-0.15, -0.1) is 0 Å². The first kappa shape index (κ1) is 16.4. The number of hydrogen-bond acceptors (Lipinski definition) is 2. The van der Waals surface area contributed by atoms with Crippen LogP contribution >= 0.6 is 0 Å². The average Bonchev–Trinajstić information content (AvgIpc) is 2.45. The van der Waals surface area contributed by atoms with Crippen LogP contribution in [0.15, 0.2) is 30.3 Å². The minimum atomic E-state index is -0.471. The van der Waals surface area contributed by atoms with Gasteiger partial charge >= 0.3 is 0 Å². The molecule has 1 atom stereocenters. The zero-order chi connectivity index (χ0) is 15.0. The van der Waals surface area contributed by atoms with Crippen molar-refractivity contribution in [2.75, 3.05) is 6.54 Å². The van der Waals surface area contributed by atoms with E-state index >= 15 is 0 Å². The Hall–Kier alpha value is -1.61. The van der Waals surface area contributed by atoms with Crippen LogP contribution in [0.5, 0.6) is 0 Å². The Bertz CT molecular complexity index is 433. The fourth-order valence-corrected chi connectivity index (χ4v) is 2.11. The van der Waals surface area contributed by atoms with Crippen LogP contribution in [0.2, 0.25) is 0 Å². The lowest BCUT2D eigenvalue weighted by Gasteiger charge is -2.19. The monoisotopic (exact) mass is 275 g/mol. The molecule has 20 heavy (non-hydrogen) atoms. The first-order valence-electron chi connectivity index (χ1n) is 7.27. The zero-order valence-corrected chi connectivity index (χ0v) is 12.6. The largest absolute Gasteiger partial charge is 0.391 e. The van der Waals surface area contributed by atoms with E-state index in [0.717, 1.165) is 18.4 Å². The highest BCUT2D eigenvalue weighted by Crippen LogP contribution is 2.12. The van der Waals surface area contributed by atoms with Gasteiger partial charge in [0.25, 0.3) is 0 Å². The molecule has 0 aliphatic rings. The molecule has 3 heteroatoms. The van der Waals surface area contributed by atoms with Crippen LogP contribution in [0.4, 0.5) is 0 Å². The molecule has 1 rings (SSSR count). The number of aryl methyl sites for hydroxylation is 1. The number of benzene rings is 1. The number of carbonyl (C=O) groups excluding carboxylic acids is 1. The van der Waals surface area contributed by atoms with E-state index in [0.29, 0.717) is 6.54 Å². The minimum Gasteiger partial charge on any atom is -0.391 e. The first-order chi connectivity index (χ1) is 9.56. The van der Waals surface area contributed by atoms with E-state index in [1.165, 1.54) is 11.6 Å². The van der Waals surface area contributed by atoms with E-state index in [1.807, 2.05) is 31.2 Å². The third-order valence-corrected chi connectivity index (χ3v) is 3.58. The summed E-state index contributed by atoms with van der Waals surface area (Å²) in [6, 6.07) is 7.96. The summed E-state index contributed by atoms with van der Waals surface area (Å²) in [5, 5.41) is 12.7. The second-order valence-electron chi connectivity index (χ2n) is 5.13. The smallest absolute Gasteiger partial charge is 0.244 e. The molecule has 0 saturated heterocycles. The molecule has 1 aromatic rings. The number of hydrogen-bond donors (Lipinski definition) is 2.